The summed E-state index contributed by atoms with van der Waals surface area (Å²) in [7, 11) is 3.28. The summed E-state index contributed by atoms with van der Waals surface area (Å²) >= 11 is 0. The van der Waals surface area contributed by atoms with Gasteiger partial charge < -0.3 is 9.47 Å². The average Bonchev–Trinajstić information content (AvgIpc) is 2.29. The van der Waals surface area contributed by atoms with Crippen molar-refractivity contribution >= 4 is 0 Å². The standard InChI is InChI=1S/C12H22O4/c1-8-5-6-9-7-10(8)15-16-12(9,2)11(13-3)14-4/h8-11H,5-7H2,1-4H3/t8-,9+,10+,12+/m1/s1. The van der Waals surface area contributed by atoms with Gasteiger partial charge >= 0.3 is 0 Å². The summed E-state index contributed by atoms with van der Waals surface area (Å²) < 4.78 is 10.7. The second kappa shape index (κ2) is 4.61. The van der Waals surface area contributed by atoms with Crippen molar-refractivity contribution in [3.8, 4) is 0 Å². The Labute approximate surface area is 97.1 Å². The van der Waals surface area contributed by atoms with Crippen molar-refractivity contribution in [3.63, 3.8) is 0 Å². The first-order valence-electron chi connectivity index (χ1n) is 6.02. The number of rotatable bonds is 3. The van der Waals surface area contributed by atoms with E-state index in [1.807, 2.05) is 6.92 Å². The molecular formula is C12H22O4. The van der Waals surface area contributed by atoms with Crippen LogP contribution in [0.25, 0.3) is 0 Å². The van der Waals surface area contributed by atoms with Crippen LogP contribution in [-0.2, 0) is 19.2 Å². The van der Waals surface area contributed by atoms with Gasteiger partial charge in [0.15, 0.2) is 11.9 Å². The first-order chi connectivity index (χ1) is 7.61. The molecule has 1 heterocycles. The van der Waals surface area contributed by atoms with Crippen molar-refractivity contribution in [2.45, 2.75) is 51.1 Å². The monoisotopic (exact) mass is 230 g/mol. The Morgan fingerprint density at radius 1 is 1.25 bits per heavy atom. The Balaban J connectivity index is 2.12. The Kier molecular flexibility index (Phi) is 3.54. The lowest BCUT2D eigenvalue weighted by Crippen LogP contribution is -2.57. The maximum absolute atomic E-state index is 5.60. The fourth-order valence-corrected chi connectivity index (χ4v) is 2.96. The van der Waals surface area contributed by atoms with Crippen LogP contribution in [0.2, 0.25) is 0 Å². The van der Waals surface area contributed by atoms with Crippen LogP contribution in [0.4, 0.5) is 0 Å². The zero-order valence-corrected chi connectivity index (χ0v) is 10.6. The van der Waals surface area contributed by atoms with Crippen molar-refractivity contribution in [2.75, 3.05) is 14.2 Å². The van der Waals surface area contributed by atoms with Crippen LogP contribution in [0.15, 0.2) is 0 Å². The molecule has 2 aliphatic rings. The van der Waals surface area contributed by atoms with E-state index in [-0.39, 0.29) is 12.4 Å². The first-order valence-corrected chi connectivity index (χ1v) is 6.02. The van der Waals surface area contributed by atoms with Crippen LogP contribution in [0.5, 0.6) is 0 Å². The van der Waals surface area contributed by atoms with Crippen LogP contribution in [0.3, 0.4) is 0 Å². The molecule has 4 heteroatoms. The van der Waals surface area contributed by atoms with E-state index >= 15 is 0 Å². The minimum atomic E-state index is -0.486. The molecule has 94 valence electrons. The van der Waals surface area contributed by atoms with E-state index in [0.29, 0.717) is 11.8 Å². The number of ether oxygens (including phenoxy) is 2. The van der Waals surface area contributed by atoms with Crippen molar-refractivity contribution in [1.29, 1.82) is 0 Å². The molecule has 16 heavy (non-hydrogen) atoms. The van der Waals surface area contributed by atoms with Gasteiger partial charge in [-0.3, -0.25) is 0 Å². The van der Waals surface area contributed by atoms with E-state index in [0.717, 1.165) is 12.8 Å². The van der Waals surface area contributed by atoms with Gasteiger partial charge in [0, 0.05) is 14.2 Å². The second-order valence-corrected chi connectivity index (χ2v) is 5.19. The van der Waals surface area contributed by atoms with Crippen LogP contribution >= 0.6 is 0 Å². The highest BCUT2D eigenvalue weighted by atomic mass is 17.2. The number of hydrogen-bond donors (Lipinski definition) is 0. The summed E-state index contributed by atoms with van der Waals surface area (Å²) in [5, 5.41) is 0. The molecule has 4 atom stereocenters. The molecule has 1 saturated carbocycles. The molecule has 1 aliphatic heterocycles. The van der Waals surface area contributed by atoms with Crippen molar-refractivity contribution in [3.05, 3.63) is 0 Å². The lowest BCUT2D eigenvalue weighted by Gasteiger charge is -2.49. The van der Waals surface area contributed by atoms with Gasteiger partial charge in [-0.15, -0.1) is 0 Å². The molecule has 1 aliphatic carbocycles. The highest BCUT2D eigenvalue weighted by Crippen LogP contribution is 2.45. The predicted molar refractivity (Wildman–Crippen MR) is 58.7 cm³/mol. The fraction of sp³-hybridized carbons (Fsp3) is 1.00. The van der Waals surface area contributed by atoms with Crippen LogP contribution in [0.1, 0.15) is 33.1 Å². The molecule has 2 bridgehead atoms. The van der Waals surface area contributed by atoms with Crippen molar-refractivity contribution in [2.24, 2.45) is 11.8 Å². The van der Waals surface area contributed by atoms with Gasteiger partial charge in [0.1, 0.15) is 0 Å². The van der Waals surface area contributed by atoms with Crippen LogP contribution in [0, 0.1) is 11.8 Å². The van der Waals surface area contributed by atoms with E-state index < -0.39 is 5.60 Å². The van der Waals surface area contributed by atoms with Gasteiger partial charge in [-0.2, -0.15) is 0 Å². The van der Waals surface area contributed by atoms with Crippen LogP contribution in [-0.4, -0.2) is 32.2 Å². The number of hydrogen-bond acceptors (Lipinski definition) is 4. The summed E-state index contributed by atoms with van der Waals surface area (Å²) in [6.07, 6.45) is 3.25. The highest BCUT2D eigenvalue weighted by Gasteiger charge is 2.52. The molecule has 2 fully saturated rings. The first kappa shape index (κ1) is 12.3. The third-order valence-electron chi connectivity index (χ3n) is 4.18. The van der Waals surface area contributed by atoms with E-state index in [4.69, 9.17) is 19.2 Å². The molecular weight excluding hydrogens is 208 g/mol. The Morgan fingerprint density at radius 2 is 1.94 bits per heavy atom. The maximum atomic E-state index is 5.60. The average molecular weight is 230 g/mol. The summed E-state index contributed by atoms with van der Waals surface area (Å²) in [5.74, 6) is 1.04. The SMILES string of the molecule is COC(OC)[C@@]1(C)OO[C@H]2C[C@@H]1CC[C@H]2C. The summed E-state index contributed by atoms with van der Waals surface area (Å²) in [6, 6.07) is 0. The van der Waals surface area contributed by atoms with Crippen molar-refractivity contribution in [1.82, 2.24) is 0 Å². The molecule has 0 unspecified atom stereocenters. The molecule has 0 radical (unpaired) electrons. The van der Waals surface area contributed by atoms with Gasteiger partial charge in [0.2, 0.25) is 0 Å². The minimum absolute atomic E-state index is 0.237. The van der Waals surface area contributed by atoms with Gasteiger partial charge in [-0.1, -0.05) is 6.92 Å². The Hall–Kier alpha value is -0.160. The topological polar surface area (TPSA) is 36.9 Å². The van der Waals surface area contributed by atoms with Crippen molar-refractivity contribution < 1.29 is 19.2 Å². The largest absolute Gasteiger partial charge is 0.353 e. The molecule has 0 spiro atoms. The minimum Gasteiger partial charge on any atom is -0.353 e. The van der Waals surface area contributed by atoms with Gasteiger partial charge in [-0.25, -0.2) is 9.78 Å². The van der Waals surface area contributed by atoms with E-state index in [1.165, 1.54) is 6.42 Å². The number of methoxy groups -OCH3 is 2. The number of fused-ring (bicyclic) bond motifs is 2. The Morgan fingerprint density at radius 3 is 2.56 bits per heavy atom. The maximum Gasteiger partial charge on any atom is 0.189 e. The summed E-state index contributed by atoms with van der Waals surface area (Å²) in [4.78, 5) is 11.1. The smallest absolute Gasteiger partial charge is 0.189 e. The van der Waals surface area contributed by atoms with Crippen LogP contribution < -0.4 is 0 Å². The third kappa shape index (κ3) is 1.88. The zero-order valence-electron chi connectivity index (χ0n) is 10.6. The fourth-order valence-electron chi connectivity index (χ4n) is 2.96. The molecule has 2 rings (SSSR count). The van der Waals surface area contributed by atoms with Gasteiger partial charge in [-0.05, 0) is 38.0 Å². The lowest BCUT2D eigenvalue weighted by molar-refractivity contribution is -0.463. The summed E-state index contributed by atoms with van der Waals surface area (Å²) in [5.41, 5.74) is -0.486. The second-order valence-electron chi connectivity index (χ2n) is 5.19. The van der Waals surface area contributed by atoms with E-state index in [2.05, 4.69) is 6.92 Å². The highest BCUT2D eigenvalue weighted by molar-refractivity contribution is 4.94. The van der Waals surface area contributed by atoms with Gasteiger partial charge in [0.05, 0.1) is 6.10 Å². The molecule has 0 N–H and O–H groups in total. The van der Waals surface area contributed by atoms with E-state index in [9.17, 15) is 0 Å². The summed E-state index contributed by atoms with van der Waals surface area (Å²) in [6.45, 7) is 4.23. The quantitative estimate of drug-likeness (QED) is 0.550. The molecule has 4 nitrogen and oxygen atoms in total. The lowest BCUT2D eigenvalue weighted by atomic mass is 9.72. The predicted octanol–water partition coefficient (Wildman–Crippen LogP) is 2.13. The Bertz CT molecular complexity index is 241. The molecule has 0 amide bonds. The van der Waals surface area contributed by atoms with E-state index in [1.54, 1.807) is 14.2 Å². The molecule has 0 aromatic carbocycles. The third-order valence-corrected chi connectivity index (χ3v) is 4.18. The zero-order chi connectivity index (χ0) is 11.8. The molecule has 0 aromatic heterocycles. The molecule has 1 saturated heterocycles. The van der Waals surface area contributed by atoms with Gasteiger partial charge in [0.25, 0.3) is 0 Å². The normalized spacial score (nSPS) is 43.7. The molecule has 0 aromatic rings.